The number of halogens is 1. The van der Waals surface area contributed by atoms with E-state index in [1.54, 1.807) is 23.6 Å². The molecule has 3 aromatic rings. The summed E-state index contributed by atoms with van der Waals surface area (Å²) in [5.41, 5.74) is 2.59. The molecular weight excluding hydrogens is 467 g/mol. The van der Waals surface area contributed by atoms with Crippen molar-refractivity contribution >= 4 is 10.9 Å². The fourth-order valence-corrected chi connectivity index (χ4v) is 6.28. The van der Waals surface area contributed by atoms with Crippen molar-refractivity contribution in [1.82, 2.24) is 9.55 Å². The molecule has 0 saturated heterocycles. The molecule has 0 bridgehead atoms. The first-order chi connectivity index (χ1) is 17.2. The van der Waals surface area contributed by atoms with Gasteiger partial charge in [-0.15, -0.1) is 0 Å². The monoisotopic (exact) mass is 496 g/mol. The summed E-state index contributed by atoms with van der Waals surface area (Å²) < 4.78 is 27.4. The van der Waals surface area contributed by atoms with E-state index >= 15 is 0 Å². The first-order valence-electron chi connectivity index (χ1n) is 12.4. The van der Waals surface area contributed by atoms with Crippen LogP contribution in [0.5, 0.6) is 0 Å². The summed E-state index contributed by atoms with van der Waals surface area (Å²) in [7, 11) is 0. The van der Waals surface area contributed by atoms with Gasteiger partial charge in [0.05, 0.1) is 49.9 Å². The van der Waals surface area contributed by atoms with Gasteiger partial charge in [0.15, 0.2) is 6.29 Å². The molecule has 2 aromatic heterocycles. The number of hydrogen-bond donors (Lipinski definition) is 3. The minimum atomic E-state index is -1.72. The third kappa shape index (κ3) is 3.17. The molecule has 1 aromatic carbocycles. The van der Waals surface area contributed by atoms with Crippen LogP contribution in [0.25, 0.3) is 22.3 Å². The van der Waals surface area contributed by atoms with Crippen LogP contribution in [-0.2, 0) is 40.1 Å². The van der Waals surface area contributed by atoms with Gasteiger partial charge in [-0.1, -0.05) is 13.8 Å². The van der Waals surface area contributed by atoms with E-state index in [-0.39, 0.29) is 44.2 Å². The number of rotatable bonds is 5. The Morgan fingerprint density at radius 2 is 2.11 bits per heavy atom. The highest BCUT2D eigenvalue weighted by Crippen LogP contribution is 2.48. The summed E-state index contributed by atoms with van der Waals surface area (Å²) in [6, 6.07) is 4.70. The first kappa shape index (κ1) is 23.7. The molecule has 0 saturated carbocycles. The van der Waals surface area contributed by atoms with E-state index in [0.717, 1.165) is 28.5 Å². The number of aryl methyl sites for hydroxylation is 1. The lowest BCUT2D eigenvalue weighted by Gasteiger charge is -2.37. The van der Waals surface area contributed by atoms with Crippen molar-refractivity contribution in [2.24, 2.45) is 0 Å². The van der Waals surface area contributed by atoms with Crippen LogP contribution in [0.3, 0.4) is 0 Å². The molecule has 0 amide bonds. The molecule has 190 valence electrons. The SMILES string of the molecule is CC[C@]1(O)c2cc3n(c(=O)c2COC1O)Cc1c-3nc2cc(F)cc3c2c1[C@](C)(COCCO)CC3. The van der Waals surface area contributed by atoms with Crippen LogP contribution in [0.2, 0.25) is 0 Å². The first-order valence-corrected chi connectivity index (χ1v) is 12.4. The number of aromatic nitrogens is 2. The third-order valence-corrected chi connectivity index (χ3v) is 8.20. The molecule has 2 aliphatic heterocycles. The molecule has 0 fully saturated rings. The molecule has 3 atom stereocenters. The Balaban J connectivity index is 1.63. The molecule has 9 heteroatoms. The van der Waals surface area contributed by atoms with Crippen molar-refractivity contribution in [2.75, 3.05) is 19.8 Å². The van der Waals surface area contributed by atoms with Crippen molar-refractivity contribution in [3.05, 3.63) is 62.2 Å². The molecule has 4 heterocycles. The Kier molecular flexibility index (Phi) is 5.37. The lowest BCUT2D eigenvalue weighted by molar-refractivity contribution is -0.236. The van der Waals surface area contributed by atoms with Gasteiger partial charge in [-0.25, -0.2) is 9.37 Å². The van der Waals surface area contributed by atoms with Gasteiger partial charge in [0.1, 0.15) is 11.4 Å². The van der Waals surface area contributed by atoms with Gasteiger partial charge >= 0.3 is 0 Å². The van der Waals surface area contributed by atoms with Crippen molar-refractivity contribution in [3.8, 4) is 11.4 Å². The Hall–Kier alpha value is -2.69. The van der Waals surface area contributed by atoms with Crippen LogP contribution in [0.1, 0.15) is 54.5 Å². The number of aliphatic hydroxyl groups is 3. The number of aliphatic hydroxyl groups excluding tert-OH is 2. The molecular formula is C27H29FN2O6. The van der Waals surface area contributed by atoms with E-state index in [1.165, 1.54) is 6.07 Å². The van der Waals surface area contributed by atoms with Crippen molar-refractivity contribution < 1.29 is 29.2 Å². The van der Waals surface area contributed by atoms with Crippen molar-refractivity contribution in [1.29, 1.82) is 0 Å². The standard InChI is InChI=1S/C27H29FN2O6/c1-3-27(34)18-10-20-23-16(11-30(20)24(32)17(18)12-36-25(27)33)22-21-14(8-15(28)9-19(21)29-23)4-5-26(22,2)13-35-7-6-31/h8-10,25,31,33-34H,3-7,11-13H2,1-2H3/t25?,26-,27-/m0/s1. The van der Waals surface area contributed by atoms with Gasteiger partial charge in [-0.3, -0.25) is 4.79 Å². The number of ether oxygens (including phenoxy) is 2. The summed E-state index contributed by atoms with van der Waals surface area (Å²) >= 11 is 0. The van der Waals surface area contributed by atoms with E-state index in [0.29, 0.717) is 41.1 Å². The van der Waals surface area contributed by atoms with E-state index in [9.17, 15) is 24.5 Å². The van der Waals surface area contributed by atoms with Gasteiger partial charge in [0.25, 0.3) is 5.56 Å². The van der Waals surface area contributed by atoms with Gasteiger partial charge in [0.2, 0.25) is 0 Å². The number of nitrogens with zero attached hydrogens (tertiary/aromatic N) is 2. The molecule has 8 nitrogen and oxygen atoms in total. The quantitative estimate of drug-likeness (QED) is 0.363. The molecule has 0 radical (unpaired) electrons. The van der Waals surface area contributed by atoms with E-state index in [2.05, 4.69) is 6.92 Å². The second kappa shape index (κ2) is 8.16. The van der Waals surface area contributed by atoms with Crippen molar-refractivity contribution in [2.45, 2.75) is 63.6 Å². The van der Waals surface area contributed by atoms with Gasteiger partial charge in [-0.2, -0.15) is 0 Å². The summed E-state index contributed by atoms with van der Waals surface area (Å²) in [5.74, 6) is -0.363. The van der Waals surface area contributed by atoms with Gasteiger partial charge in [-0.05, 0) is 42.5 Å². The Labute approximate surface area is 206 Å². The van der Waals surface area contributed by atoms with E-state index in [4.69, 9.17) is 14.5 Å². The maximum Gasteiger partial charge on any atom is 0.257 e. The smallest absolute Gasteiger partial charge is 0.257 e. The Morgan fingerprint density at radius 3 is 2.86 bits per heavy atom. The summed E-state index contributed by atoms with van der Waals surface area (Å²) in [5, 5.41) is 31.8. The van der Waals surface area contributed by atoms with Crippen LogP contribution in [0.4, 0.5) is 4.39 Å². The van der Waals surface area contributed by atoms with Gasteiger partial charge in [0, 0.05) is 33.6 Å². The molecule has 3 N–H and O–H groups in total. The summed E-state index contributed by atoms with van der Waals surface area (Å²) in [4.78, 5) is 18.5. The van der Waals surface area contributed by atoms with Gasteiger partial charge < -0.3 is 29.4 Å². The minimum Gasteiger partial charge on any atom is -0.394 e. The Morgan fingerprint density at radius 1 is 1.31 bits per heavy atom. The second-order valence-electron chi connectivity index (χ2n) is 10.4. The normalized spacial score (nSPS) is 26.1. The molecule has 6 rings (SSSR count). The van der Waals surface area contributed by atoms with E-state index < -0.39 is 17.3 Å². The highest BCUT2D eigenvalue weighted by Gasteiger charge is 2.45. The van der Waals surface area contributed by atoms with Crippen LogP contribution in [-0.4, -0.2) is 51.0 Å². The third-order valence-electron chi connectivity index (χ3n) is 8.20. The second-order valence-corrected chi connectivity index (χ2v) is 10.4. The van der Waals surface area contributed by atoms with Crippen LogP contribution in [0.15, 0.2) is 23.0 Å². The minimum absolute atomic E-state index is 0.0810. The largest absolute Gasteiger partial charge is 0.394 e. The molecule has 1 aliphatic carbocycles. The van der Waals surface area contributed by atoms with Crippen LogP contribution in [0, 0.1) is 5.82 Å². The fraction of sp³-hybridized carbons (Fsp3) is 0.481. The zero-order valence-corrected chi connectivity index (χ0v) is 20.3. The predicted octanol–water partition coefficient (Wildman–Crippen LogP) is 2.22. The number of pyridine rings is 2. The lowest BCUT2D eigenvalue weighted by atomic mass is 9.70. The Bertz CT molecular complexity index is 1470. The highest BCUT2D eigenvalue weighted by molar-refractivity contribution is 5.92. The molecule has 1 unspecified atom stereocenters. The average Bonchev–Trinajstić information content (AvgIpc) is 3.22. The number of hydrogen-bond acceptors (Lipinski definition) is 7. The lowest BCUT2D eigenvalue weighted by Crippen LogP contribution is -2.47. The maximum absolute atomic E-state index is 14.6. The van der Waals surface area contributed by atoms with Crippen molar-refractivity contribution in [3.63, 3.8) is 0 Å². The number of benzene rings is 1. The number of fused-ring (bicyclic) bond motifs is 5. The zero-order valence-electron chi connectivity index (χ0n) is 20.3. The summed E-state index contributed by atoms with van der Waals surface area (Å²) in [6.45, 7) is 4.51. The average molecular weight is 497 g/mol. The zero-order chi connectivity index (χ0) is 25.4. The highest BCUT2D eigenvalue weighted by atomic mass is 19.1. The molecule has 0 spiro atoms. The predicted molar refractivity (Wildman–Crippen MR) is 129 cm³/mol. The molecule has 3 aliphatic rings. The fourth-order valence-electron chi connectivity index (χ4n) is 6.28. The van der Waals surface area contributed by atoms with Crippen LogP contribution < -0.4 is 5.56 Å². The van der Waals surface area contributed by atoms with Crippen LogP contribution >= 0.6 is 0 Å². The topological polar surface area (TPSA) is 114 Å². The maximum atomic E-state index is 14.6. The molecule has 36 heavy (non-hydrogen) atoms. The van der Waals surface area contributed by atoms with E-state index in [1.807, 2.05) is 0 Å². The summed E-state index contributed by atoms with van der Waals surface area (Å²) in [6.07, 6.45) is 0.0910.